The number of likely N-dealkylation sites (tertiary alicyclic amines) is 1. The zero-order valence-corrected chi connectivity index (χ0v) is 9.84. The standard InChI is InChI=1S/C13H25N/c1-11(2)10-12-6-7-13(12)14-8-4-3-5-9-14/h11-13H,3-10H2,1-2H3. The van der Waals surface area contributed by atoms with Crippen LogP contribution < -0.4 is 0 Å². The van der Waals surface area contributed by atoms with Gasteiger partial charge in [0.2, 0.25) is 0 Å². The zero-order chi connectivity index (χ0) is 9.97. The van der Waals surface area contributed by atoms with E-state index in [-0.39, 0.29) is 0 Å². The molecule has 2 unspecified atom stereocenters. The van der Waals surface area contributed by atoms with Gasteiger partial charge in [0.05, 0.1) is 0 Å². The molecular formula is C13H25N. The Morgan fingerprint density at radius 1 is 1.07 bits per heavy atom. The van der Waals surface area contributed by atoms with Crippen molar-refractivity contribution >= 4 is 0 Å². The summed E-state index contributed by atoms with van der Waals surface area (Å²) in [7, 11) is 0. The van der Waals surface area contributed by atoms with E-state index in [1.807, 2.05) is 0 Å². The van der Waals surface area contributed by atoms with Crippen molar-refractivity contribution in [3.63, 3.8) is 0 Å². The summed E-state index contributed by atoms with van der Waals surface area (Å²) < 4.78 is 0. The van der Waals surface area contributed by atoms with E-state index in [0.29, 0.717) is 0 Å². The van der Waals surface area contributed by atoms with Crippen LogP contribution in [0, 0.1) is 11.8 Å². The third-order valence-corrected chi connectivity index (χ3v) is 4.01. The number of piperidine rings is 1. The molecule has 1 saturated heterocycles. The average Bonchev–Trinajstić information content (AvgIpc) is 2.14. The van der Waals surface area contributed by atoms with Crippen LogP contribution in [0.3, 0.4) is 0 Å². The van der Waals surface area contributed by atoms with Gasteiger partial charge in [-0.15, -0.1) is 0 Å². The highest BCUT2D eigenvalue weighted by Gasteiger charge is 2.35. The quantitative estimate of drug-likeness (QED) is 0.668. The maximum atomic E-state index is 2.78. The molecule has 1 aliphatic heterocycles. The molecule has 2 aliphatic rings. The molecule has 0 radical (unpaired) electrons. The Kier molecular flexibility index (Phi) is 3.48. The van der Waals surface area contributed by atoms with Crippen molar-refractivity contribution in [2.45, 2.75) is 58.4 Å². The van der Waals surface area contributed by atoms with Crippen LogP contribution in [0.2, 0.25) is 0 Å². The molecule has 1 heteroatoms. The molecule has 14 heavy (non-hydrogen) atoms. The fourth-order valence-electron chi connectivity index (χ4n) is 3.16. The van der Waals surface area contributed by atoms with Gasteiger partial charge < -0.3 is 4.90 Å². The Morgan fingerprint density at radius 3 is 2.29 bits per heavy atom. The van der Waals surface area contributed by atoms with Gasteiger partial charge in [0, 0.05) is 6.04 Å². The van der Waals surface area contributed by atoms with Gasteiger partial charge in [-0.1, -0.05) is 20.3 Å². The Balaban J connectivity index is 1.79. The predicted molar refractivity (Wildman–Crippen MR) is 61.4 cm³/mol. The van der Waals surface area contributed by atoms with Crippen molar-refractivity contribution in [3.8, 4) is 0 Å². The summed E-state index contributed by atoms with van der Waals surface area (Å²) in [6.45, 7) is 7.51. The van der Waals surface area contributed by atoms with E-state index in [2.05, 4.69) is 18.7 Å². The van der Waals surface area contributed by atoms with Crippen LogP contribution in [0.4, 0.5) is 0 Å². The number of hydrogen-bond donors (Lipinski definition) is 0. The van der Waals surface area contributed by atoms with Crippen molar-refractivity contribution in [2.75, 3.05) is 13.1 Å². The molecule has 0 N–H and O–H groups in total. The fraction of sp³-hybridized carbons (Fsp3) is 1.00. The molecule has 0 amide bonds. The Morgan fingerprint density at radius 2 is 1.79 bits per heavy atom. The van der Waals surface area contributed by atoms with Crippen molar-refractivity contribution < 1.29 is 0 Å². The van der Waals surface area contributed by atoms with Crippen LogP contribution in [-0.2, 0) is 0 Å². The van der Waals surface area contributed by atoms with Crippen LogP contribution >= 0.6 is 0 Å². The first-order valence-corrected chi connectivity index (χ1v) is 6.51. The van der Waals surface area contributed by atoms with Gasteiger partial charge in [-0.25, -0.2) is 0 Å². The molecule has 1 heterocycles. The number of nitrogens with zero attached hydrogens (tertiary/aromatic N) is 1. The minimum Gasteiger partial charge on any atom is -0.300 e. The van der Waals surface area contributed by atoms with Gasteiger partial charge in [0.15, 0.2) is 0 Å². The first kappa shape index (κ1) is 10.5. The van der Waals surface area contributed by atoms with Gasteiger partial charge in [0.1, 0.15) is 0 Å². The second kappa shape index (κ2) is 4.65. The van der Waals surface area contributed by atoms with Gasteiger partial charge in [-0.3, -0.25) is 0 Å². The first-order chi connectivity index (χ1) is 6.77. The highest BCUT2D eigenvalue weighted by atomic mass is 15.2. The molecule has 1 nitrogen and oxygen atoms in total. The van der Waals surface area contributed by atoms with E-state index in [0.717, 1.165) is 17.9 Å². The lowest BCUT2D eigenvalue weighted by Crippen LogP contribution is -2.49. The SMILES string of the molecule is CC(C)CC1CCC1N1CCCCC1. The molecule has 0 aromatic carbocycles. The summed E-state index contributed by atoms with van der Waals surface area (Å²) in [6.07, 6.45) is 8.81. The van der Waals surface area contributed by atoms with Crippen molar-refractivity contribution in [1.82, 2.24) is 4.90 Å². The lowest BCUT2D eigenvalue weighted by Gasteiger charge is -2.46. The summed E-state index contributed by atoms with van der Waals surface area (Å²) in [4.78, 5) is 2.78. The van der Waals surface area contributed by atoms with E-state index in [1.165, 1.54) is 51.6 Å². The molecule has 82 valence electrons. The van der Waals surface area contributed by atoms with Gasteiger partial charge in [0.25, 0.3) is 0 Å². The van der Waals surface area contributed by atoms with Crippen molar-refractivity contribution in [1.29, 1.82) is 0 Å². The Bertz CT molecular complexity index is 170. The molecule has 1 saturated carbocycles. The lowest BCUT2D eigenvalue weighted by molar-refractivity contribution is 0.0365. The molecular weight excluding hydrogens is 170 g/mol. The van der Waals surface area contributed by atoms with E-state index in [4.69, 9.17) is 0 Å². The predicted octanol–water partition coefficient (Wildman–Crippen LogP) is 3.30. The smallest absolute Gasteiger partial charge is 0.0124 e. The average molecular weight is 195 g/mol. The highest BCUT2D eigenvalue weighted by Crippen LogP contribution is 2.37. The van der Waals surface area contributed by atoms with Gasteiger partial charge in [-0.05, 0) is 57.0 Å². The lowest BCUT2D eigenvalue weighted by atomic mass is 9.73. The van der Waals surface area contributed by atoms with Crippen LogP contribution in [0.15, 0.2) is 0 Å². The summed E-state index contributed by atoms with van der Waals surface area (Å²) in [5.74, 6) is 1.93. The van der Waals surface area contributed by atoms with E-state index >= 15 is 0 Å². The van der Waals surface area contributed by atoms with E-state index < -0.39 is 0 Å². The summed E-state index contributed by atoms with van der Waals surface area (Å²) >= 11 is 0. The van der Waals surface area contributed by atoms with Crippen LogP contribution in [0.1, 0.15) is 52.4 Å². The minimum absolute atomic E-state index is 0.896. The second-order valence-electron chi connectivity index (χ2n) is 5.63. The first-order valence-electron chi connectivity index (χ1n) is 6.51. The topological polar surface area (TPSA) is 3.24 Å². The molecule has 0 spiro atoms. The maximum absolute atomic E-state index is 2.78. The number of hydrogen-bond acceptors (Lipinski definition) is 1. The summed E-state index contributed by atoms with van der Waals surface area (Å²) in [5.41, 5.74) is 0. The molecule has 2 rings (SSSR count). The molecule has 0 aromatic rings. The normalized spacial score (nSPS) is 34.5. The van der Waals surface area contributed by atoms with E-state index in [9.17, 15) is 0 Å². The van der Waals surface area contributed by atoms with Crippen molar-refractivity contribution in [2.24, 2.45) is 11.8 Å². The van der Waals surface area contributed by atoms with Crippen LogP contribution in [-0.4, -0.2) is 24.0 Å². The molecule has 2 fully saturated rings. The minimum atomic E-state index is 0.896. The van der Waals surface area contributed by atoms with Crippen LogP contribution in [0.25, 0.3) is 0 Å². The second-order valence-corrected chi connectivity index (χ2v) is 5.63. The third-order valence-electron chi connectivity index (χ3n) is 4.01. The molecule has 1 aliphatic carbocycles. The molecule has 2 atom stereocenters. The largest absolute Gasteiger partial charge is 0.300 e. The zero-order valence-electron chi connectivity index (χ0n) is 9.84. The van der Waals surface area contributed by atoms with Crippen LogP contribution in [0.5, 0.6) is 0 Å². The fourth-order valence-corrected chi connectivity index (χ4v) is 3.16. The van der Waals surface area contributed by atoms with Gasteiger partial charge in [-0.2, -0.15) is 0 Å². The maximum Gasteiger partial charge on any atom is 0.0124 e. The third kappa shape index (κ3) is 2.31. The molecule has 0 bridgehead atoms. The number of rotatable bonds is 3. The monoisotopic (exact) mass is 195 g/mol. The molecule has 0 aromatic heterocycles. The van der Waals surface area contributed by atoms with E-state index in [1.54, 1.807) is 0 Å². The highest BCUT2D eigenvalue weighted by molar-refractivity contribution is 4.90. The van der Waals surface area contributed by atoms with Gasteiger partial charge >= 0.3 is 0 Å². The Labute approximate surface area is 88.9 Å². The Hall–Kier alpha value is -0.0400. The summed E-state index contributed by atoms with van der Waals surface area (Å²) in [5, 5.41) is 0. The summed E-state index contributed by atoms with van der Waals surface area (Å²) in [6, 6.07) is 0.970. The van der Waals surface area contributed by atoms with Crippen molar-refractivity contribution in [3.05, 3.63) is 0 Å².